The summed E-state index contributed by atoms with van der Waals surface area (Å²) in [5.74, 6) is 2.61. The summed E-state index contributed by atoms with van der Waals surface area (Å²) >= 11 is 1.67. The molecule has 1 fully saturated rings. The topological polar surface area (TPSA) is 86.3 Å². The third kappa shape index (κ3) is 7.25. The molecule has 2 unspecified atom stereocenters. The molecule has 2 amide bonds. The van der Waals surface area contributed by atoms with Crippen molar-refractivity contribution in [2.75, 3.05) is 40.7 Å². The van der Waals surface area contributed by atoms with Gasteiger partial charge in [-0.15, -0.1) is 11.8 Å². The van der Waals surface area contributed by atoms with Gasteiger partial charge in [-0.3, -0.25) is 9.59 Å². The van der Waals surface area contributed by atoms with Gasteiger partial charge in [-0.1, -0.05) is 32.3 Å². The first-order chi connectivity index (χ1) is 17.9. The van der Waals surface area contributed by atoms with Gasteiger partial charge in [-0.05, 0) is 42.7 Å². The maximum absolute atomic E-state index is 13.8. The number of benzene rings is 2. The molecule has 1 N–H and O–H groups in total. The molecule has 9 heteroatoms. The fourth-order valence-electron chi connectivity index (χ4n) is 4.39. The molecule has 202 valence electrons. The summed E-state index contributed by atoms with van der Waals surface area (Å²) in [6, 6.07) is 10.3. The molecule has 0 spiro atoms. The number of methoxy groups -OCH3 is 4. The molecule has 2 aromatic carbocycles. The van der Waals surface area contributed by atoms with Crippen LogP contribution >= 0.6 is 11.8 Å². The number of ether oxygens (including phenoxy) is 4. The van der Waals surface area contributed by atoms with Crippen LogP contribution in [0.5, 0.6) is 23.0 Å². The molecule has 0 aromatic heterocycles. The summed E-state index contributed by atoms with van der Waals surface area (Å²) in [5, 5.41) is 2.98. The first-order valence-electron chi connectivity index (χ1n) is 12.6. The molecule has 1 saturated heterocycles. The molecule has 1 aliphatic rings. The van der Waals surface area contributed by atoms with Crippen LogP contribution in [0.1, 0.15) is 48.5 Å². The zero-order valence-corrected chi connectivity index (χ0v) is 23.2. The third-order valence-electron chi connectivity index (χ3n) is 6.44. The molecule has 0 radical (unpaired) electrons. The minimum atomic E-state index is -0.549. The van der Waals surface area contributed by atoms with Crippen molar-refractivity contribution in [3.63, 3.8) is 0 Å². The normalized spacial score (nSPS) is 16.8. The van der Waals surface area contributed by atoms with Crippen molar-refractivity contribution >= 4 is 23.6 Å². The quantitative estimate of drug-likeness (QED) is 0.381. The Bertz CT molecular complexity index is 1040. The van der Waals surface area contributed by atoms with Gasteiger partial charge >= 0.3 is 0 Å². The van der Waals surface area contributed by atoms with Gasteiger partial charge in [0.1, 0.15) is 17.5 Å². The molecular weight excluding hydrogens is 492 g/mol. The highest BCUT2D eigenvalue weighted by atomic mass is 32.2. The van der Waals surface area contributed by atoms with E-state index in [1.807, 2.05) is 18.2 Å². The van der Waals surface area contributed by atoms with Crippen molar-refractivity contribution in [2.24, 2.45) is 0 Å². The molecule has 2 aromatic rings. The van der Waals surface area contributed by atoms with E-state index in [0.29, 0.717) is 47.3 Å². The van der Waals surface area contributed by atoms with Crippen LogP contribution in [-0.4, -0.2) is 68.9 Å². The summed E-state index contributed by atoms with van der Waals surface area (Å²) in [4.78, 5) is 28.8. The minimum Gasteiger partial charge on any atom is -0.497 e. The number of nitrogens with one attached hydrogen (secondary N) is 1. The van der Waals surface area contributed by atoms with E-state index in [2.05, 4.69) is 12.2 Å². The van der Waals surface area contributed by atoms with E-state index < -0.39 is 6.04 Å². The summed E-state index contributed by atoms with van der Waals surface area (Å²) < 4.78 is 21.4. The highest BCUT2D eigenvalue weighted by Gasteiger charge is 2.41. The van der Waals surface area contributed by atoms with Crippen LogP contribution in [0.15, 0.2) is 36.4 Å². The Morgan fingerprint density at radius 3 is 2.27 bits per heavy atom. The zero-order valence-electron chi connectivity index (χ0n) is 22.4. The fourth-order valence-corrected chi connectivity index (χ4v) is 5.85. The molecule has 0 bridgehead atoms. The molecule has 8 nitrogen and oxygen atoms in total. The number of rotatable bonds is 13. The number of carbonyl (C=O) groups is 2. The van der Waals surface area contributed by atoms with Crippen molar-refractivity contribution in [3.05, 3.63) is 47.5 Å². The van der Waals surface area contributed by atoms with Gasteiger partial charge in [-0.25, -0.2) is 0 Å². The monoisotopic (exact) mass is 530 g/mol. The minimum absolute atomic E-state index is 0.0576. The lowest BCUT2D eigenvalue weighted by molar-refractivity contribution is -0.124. The van der Waals surface area contributed by atoms with E-state index in [1.54, 1.807) is 63.3 Å². The first kappa shape index (κ1) is 28.5. The van der Waals surface area contributed by atoms with Crippen molar-refractivity contribution in [2.45, 2.75) is 50.4 Å². The van der Waals surface area contributed by atoms with Gasteiger partial charge in [0.15, 0.2) is 11.5 Å². The van der Waals surface area contributed by atoms with E-state index in [1.165, 1.54) is 0 Å². The van der Waals surface area contributed by atoms with Crippen LogP contribution in [0, 0.1) is 0 Å². The number of thioether (sulfide) groups is 1. The van der Waals surface area contributed by atoms with Crippen LogP contribution in [0.25, 0.3) is 0 Å². The average Bonchev–Trinajstić information content (AvgIpc) is 3.36. The van der Waals surface area contributed by atoms with E-state index in [4.69, 9.17) is 18.9 Å². The number of hydrogen-bond acceptors (Lipinski definition) is 7. The van der Waals surface area contributed by atoms with Gasteiger partial charge in [0.2, 0.25) is 5.91 Å². The van der Waals surface area contributed by atoms with Crippen molar-refractivity contribution < 1.29 is 28.5 Å². The average molecular weight is 531 g/mol. The summed E-state index contributed by atoms with van der Waals surface area (Å²) in [6.07, 6.45) is 4.67. The van der Waals surface area contributed by atoms with Gasteiger partial charge in [0, 0.05) is 23.9 Å². The molecule has 0 aliphatic carbocycles. The van der Waals surface area contributed by atoms with E-state index in [-0.39, 0.29) is 17.2 Å². The van der Waals surface area contributed by atoms with Crippen molar-refractivity contribution in [3.8, 4) is 23.0 Å². The standard InChI is InChI=1S/C28H38N2O6S/c1-6-7-8-9-26-30(28(32)20-15-21(33-2)17-22(16-20)34-3)23(18-37-26)27(31)29-13-12-19-10-11-24(35-4)25(14-19)36-5/h10-11,14-17,23,26H,6-9,12-13,18H2,1-5H3,(H,29,31). The SMILES string of the molecule is CCCCCC1SCC(C(=O)NCCc2ccc(OC)c(OC)c2)N1C(=O)c1cc(OC)cc(OC)c1. The van der Waals surface area contributed by atoms with Crippen LogP contribution in [0.2, 0.25) is 0 Å². The van der Waals surface area contributed by atoms with Crippen LogP contribution in [-0.2, 0) is 11.2 Å². The second-order valence-corrected chi connectivity index (χ2v) is 10.1. The van der Waals surface area contributed by atoms with Gasteiger partial charge in [0.25, 0.3) is 5.91 Å². The lowest BCUT2D eigenvalue weighted by atomic mass is 10.1. The van der Waals surface area contributed by atoms with Crippen molar-refractivity contribution in [1.29, 1.82) is 0 Å². The second-order valence-electron chi connectivity index (χ2n) is 8.84. The maximum Gasteiger partial charge on any atom is 0.255 e. The molecule has 3 rings (SSSR count). The highest BCUT2D eigenvalue weighted by molar-refractivity contribution is 8.00. The second kappa shape index (κ2) is 14.0. The van der Waals surface area contributed by atoms with Gasteiger partial charge in [-0.2, -0.15) is 0 Å². The third-order valence-corrected chi connectivity index (χ3v) is 7.80. The summed E-state index contributed by atoms with van der Waals surface area (Å²) in [7, 11) is 6.30. The van der Waals surface area contributed by atoms with Crippen molar-refractivity contribution in [1.82, 2.24) is 10.2 Å². The number of unbranched alkanes of at least 4 members (excludes halogenated alkanes) is 2. The summed E-state index contributed by atoms with van der Waals surface area (Å²) in [6.45, 7) is 2.60. The molecular formula is C28H38N2O6S. The molecule has 1 heterocycles. The Labute approximate surface area is 224 Å². The lowest BCUT2D eigenvalue weighted by Crippen LogP contribution is -2.50. The number of hydrogen-bond donors (Lipinski definition) is 1. The molecule has 1 aliphatic heterocycles. The number of amides is 2. The van der Waals surface area contributed by atoms with Gasteiger partial charge in [0.05, 0.1) is 33.8 Å². The maximum atomic E-state index is 13.8. The Balaban J connectivity index is 1.74. The predicted octanol–water partition coefficient (Wildman–Crippen LogP) is 4.54. The molecule has 2 atom stereocenters. The Morgan fingerprint density at radius 2 is 1.65 bits per heavy atom. The Morgan fingerprint density at radius 1 is 0.946 bits per heavy atom. The fraction of sp³-hybridized carbons (Fsp3) is 0.500. The van der Waals surface area contributed by atoms with E-state index in [0.717, 1.165) is 31.2 Å². The predicted molar refractivity (Wildman–Crippen MR) is 146 cm³/mol. The van der Waals surface area contributed by atoms with Gasteiger partial charge < -0.3 is 29.2 Å². The highest BCUT2D eigenvalue weighted by Crippen LogP contribution is 2.35. The smallest absolute Gasteiger partial charge is 0.255 e. The zero-order chi connectivity index (χ0) is 26.8. The lowest BCUT2D eigenvalue weighted by Gasteiger charge is -2.29. The Hall–Kier alpha value is -3.07. The largest absolute Gasteiger partial charge is 0.497 e. The van der Waals surface area contributed by atoms with Crippen LogP contribution < -0.4 is 24.3 Å². The van der Waals surface area contributed by atoms with Crippen LogP contribution in [0.4, 0.5) is 0 Å². The summed E-state index contributed by atoms with van der Waals surface area (Å²) in [5.41, 5.74) is 1.47. The molecule has 0 saturated carbocycles. The Kier molecular flexibility index (Phi) is 10.8. The number of carbonyl (C=O) groups excluding carboxylic acids is 2. The first-order valence-corrected chi connectivity index (χ1v) is 13.7. The van der Waals surface area contributed by atoms with E-state index >= 15 is 0 Å². The molecule has 37 heavy (non-hydrogen) atoms. The van der Waals surface area contributed by atoms with Crippen LogP contribution in [0.3, 0.4) is 0 Å². The van der Waals surface area contributed by atoms with E-state index in [9.17, 15) is 9.59 Å². The number of nitrogens with zero attached hydrogens (tertiary/aromatic N) is 1.